The van der Waals surface area contributed by atoms with Gasteiger partial charge in [0.25, 0.3) is 0 Å². The quantitative estimate of drug-likeness (QED) is 0.299. The van der Waals surface area contributed by atoms with Gasteiger partial charge < -0.3 is 0 Å². The van der Waals surface area contributed by atoms with Crippen molar-refractivity contribution in [1.82, 2.24) is 4.40 Å². The van der Waals surface area contributed by atoms with Crippen molar-refractivity contribution in [3.05, 3.63) is 54.0 Å². The summed E-state index contributed by atoms with van der Waals surface area (Å²) >= 11 is 0. The Kier molecular flexibility index (Phi) is 1.65. The van der Waals surface area contributed by atoms with Gasteiger partial charge in [-0.3, -0.25) is 0 Å². The van der Waals surface area contributed by atoms with E-state index in [1.165, 1.54) is 38.6 Å². The normalized spacial score (nSPS) is 13.3. The van der Waals surface area contributed by atoms with E-state index in [4.69, 9.17) is 0 Å². The first-order chi connectivity index (χ1) is 9.75. The molecule has 3 aromatic heterocycles. The predicted octanol–water partition coefficient (Wildman–Crippen LogP) is 2.03. The van der Waals surface area contributed by atoms with Gasteiger partial charge in [0.05, 0.1) is 7.05 Å². The molecule has 0 saturated heterocycles. The highest BCUT2D eigenvalue weighted by Gasteiger charge is 2.31. The van der Waals surface area contributed by atoms with Gasteiger partial charge in [0.1, 0.15) is 28.7 Å². The molecule has 0 N–H and O–H groups in total. The maximum Gasteiger partial charge on any atom is 0.300 e. The van der Waals surface area contributed by atoms with Gasteiger partial charge in [-0.05, 0) is 18.6 Å². The predicted molar refractivity (Wildman–Crippen MR) is 77.6 cm³/mol. The maximum absolute atomic E-state index is 2.38. The molecule has 1 aliphatic rings. The molecule has 1 aliphatic heterocycles. The number of nitrogens with zero attached hydrogens (tertiary/aromatic N) is 3. The van der Waals surface area contributed by atoms with Crippen molar-refractivity contribution in [3.8, 4) is 0 Å². The van der Waals surface area contributed by atoms with Crippen molar-refractivity contribution in [3.63, 3.8) is 0 Å². The number of fused-ring (bicyclic) bond motifs is 3. The van der Waals surface area contributed by atoms with Crippen LogP contribution in [0.25, 0.3) is 27.5 Å². The van der Waals surface area contributed by atoms with Gasteiger partial charge in [-0.2, -0.15) is 8.97 Å². The molecular formula is C17H15N3+2. The molecule has 0 unspecified atom stereocenters. The number of hydrogen-bond acceptors (Lipinski definition) is 0. The summed E-state index contributed by atoms with van der Waals surface area (Å²) in [5, 5.41) is 2.78. The third-order valence-corrected chi connectivity index (χ3v) is 4.61. The van der Waals surface area contributed by atoms with Gasteiger partial charge in [-0.25, -0.2) is 4.57 Å². The summed E-state index contributed by atoms with van der Waals surface area (Å²) in [4.78, 5) is 0. The van der Waals surface area contributed by atoms with Crippen LogP contribution in [0.15, 0.2) is 42.9 Å². The fourth-order valence-corrected chi connectivity index (χ4v) is 3.72. The van der Waals surface area contributed by atoms with Crippen LogP contribution in [0.2, 0.25) is 0 Å². The molecule has 4 heterocycles. The Hall–Kier alpha value is -2.42. The summed E-state index contributed by atoms with van der Waals surface area (Å²) in [6.07, 6.45) is 6.53. The summed E-state index contributed by atoms with van der Waals surface area (Å²) in [5.41, 5.74) is 6.74. The van der Waals surface area contributed by atoms with Crippen LogP contribution in [0.1, 0.15) is 11.1 Å². The molecule has 4 aromatic rings. The van der Waals surface area contributed by atoms with E-state index >= 15 is 0 Å². The van der Waals surface area contributed by atoms with Gasteiger partial charge in [-0.15, -0.1) is 0 Å². The molecule has 0 fully saturated rings. The molecule has 5 rings (SSSR count). The van der Waals surface area contributed by atoms with Crippen LogP contribution < -0.4 is 9.13 Å². The van der Waals surface area contributed by atoms with E-state index in [0.29, 0.717) is 0 Å². The Morgan fingerprint density at radius 3 is 2.90 bits per heavy atom. The molecule has 0 saturated carbocycles. The summed E-state index contributed by atoms with van der Waals surface area (Å²) in [5.74, 6) is 0. The lowest BCUT2D eigenvalue weighted by molar-refractivity contribution is -0.658. The topological polar surface area (TPSA) is 12.2 Å². The Balaban J connectivity index is 2.30. The first-order valence-electron chi connectivity index (χ1n) is 6.99. The molecular weight excluding hydrogens is 246 g/mol. The van der Waals surface area contributed by atoms with E-state index in [-0.39, 0.29) is 0 Å². The van der Waals surface area contributed by atoms with E-state index in [9.17, 15) is 0 Å². The Morgan fingerprint density at radius 2 is 2.00 bits per heavy atom. The fourth-order valence-electron chi connectivity index (χ4n) is 3.72. The zero-order valence-electron chi connectivity index (χ0n) is 11.6. The van der Waals surface area contributed by atoms with E-state index < -0.39 is 0 Å². The lowest BCUT2D eigenvalue weighted by atomic mass is 10.1. The standard InChI is InChI=1S/C17H15N3/c1-11-6-7-19-10-12-4-3-5-13-15(12)16(19)14(11)17-18(2)8-9-20(13)17/h3-9H,10H2,1-2H3/q+2. The van der Waals surface area contributed by atoms with Crippen LogP contribution in [-0.4, -0.2) is 4.40 Å². The molecule has 3 nitrogen and oxygen atoms in total. The third kappa shape index (κ3) is 0.999. The van der Waals surface area contributed by atoms with E-state index in [2.05, 4.69) is 70.4 Å². The summed E-state index contributed by atoms with van der Waals surface area (Å²) in [6, 6.07) is 8.87. The van der Waals surface area contributed by atoms with Gasteiger partial charge in [0, 0.05) is 11.6 Å². The molecule has 0 spiro atoms. The Morgan fingerprint density at radius 1 is 1.10 bits per heavy atom. The zero-order chi connectivity index (χ0) is 13.4. The first kappa shape index (κ1) is 10.4. The van der Waals surface area contributed by atoms with Crippen LogP contribution in [0.4, 0.5) is 0 Å². The number of aryl methyl sites for hydroxylation is 2. The summed E-state index contributed by atoms with van der Waals surface area (Å²) in [7, 11) is 2.12. The fraction of sp³-hybridized carbons (Fsp3) is 0.176. The molecule has 0 amide bonds. The van der Waals surface area contributed by atoms with Crippen LogP contribution in [0, 0.1) is 6.92 Å². The van der Waals surface area contributed by atoms with Crippen LogP contribution >= 0.6 is 0 Å². The minimum atomic E-state index is 0.986. The molecule has 0 aliphatic carbocycles. The van der Waals surface area contributed by atoms with Gasteiger partial charge in [0.2, 0.25) is 5.52 Å². The van der Waals surface area contributed by atoms with E-state index in [0.717, 1.165) is 6.54 Å². The number of benzene rings is 1. The van der Waals surface area contributed by atoms with Crippen molar-refractivity contribution in [2.75, 3.05) is 0 Å². The monoisotopic (exact) mass is 261 g/mol. The summed E-state index contributed by atoms with van der Waals surface area (Å²) in [6.45, 7) is 3.19. The Bertz CT molecular complexity index is 1040. The number of aromatic nitrogens is 3. The minimum absolute atomic E-state index is 0.986. The average Bonchev–Trinajstić information content (AvgIpc) is 3.01. The van der Waals surface area contributed by atoms with Gasteiger partial charge in [0.15, 0.2) is 12.7 Å². The van der Waals surface area contributed by atoms with Crippen molar-refractivity contribution in [1.29, 1.82) is 0 Å². The smallest absolute Gasteiger partial charge is 0.232 e. The third-order valence-electron chi connectivity index (χ3n) is 4.61. The Labute approximate surface area is 116 Å². The largest absolute Gasteiger partial charge is 0.300 e. The molecule has 1 aromatic carbocycles. The maximum atomic E-state index is 2.38. The lowest BCUT2D eigenvalue weighted by Gasteiger charge is -2.01. The number of pyridine rings is 2. The van der Waals surface area contributed by atoms with Crippen molar-refractivity contribution in [2.24, 2.45) is 7.05 Å². The first-order valence-corrected chi connectivity index (χ1v) is 6.99. The highest BCUT2D eigenvalue weighted by molar-refractivity contribution is 6.10. The average molecular weight is 261 g/mol. The molecule has 0 radical (unpaired) electrons. The minimum Gasteiger partial charge on any atom is -0.232 e. The van der Waals surface area contributed by atoms with Gasteiger partial charge >= 0.3 is 5.65 Å². The van der Waals surface area contributed by atoms with Crippen LogP contribution in [-0.2, 0) is 13.6 Å². The molecule has 0 atom stereocenters. The molecule has 0 bridgehead atoms. The van der Waals surface area contributed by atoms with Crippen LogP contribution in [0.3, 0.4) is 0 Å². The SMILES string of the molecule is Cc1cc[n+]2c3c4c(cccc4n4cc[n+](C)c4c13)C2. The molecule has 20 heavy (non-hydrogen) atoms. The number of hydrogen-bond donors (Lipinski definition) is 0. The number of rotatable bonds is 0. The second-order valence-electron chi connectivity index (χ2n) is 5.76. The second kappa shape index (κ2) is 3.18. The highest BCUT2D eigenvalue weighted by Crippen LogP contribution is 2.33. The lowest BCUT2D eigenvalue weighted by Crippen LogP contribution is -2.32. The van der Waals surface area contributed by atoms with Crippen molar-refractivity contribution < 1.29 is 9.13 Å². The van der Waals surface area contributed by atoms with E-state index in [1.807, 2.05) is 0 Å². The second-order valence-corrected chi connectivity index (χ2v) is 5.76. The van der Waals surface area contributed by atoms with E-state index in [1.54, 1.807) is 0 Å². The van der Waals surface area contributed by atoms with Crippen molar-refractivity contribution >= 4 is 27.5 Å². The number of imidazole rings is 1. The molecule has 96 valence electrons. The highest BCUT2D eigenvalue weighted by atomic mass is 15.1. The van der Waals surface area contributed by atoms with Crippen LogP contribution in [0.5, 0.6) is 0 Å². The van der Waals surface area contributed by atoms with Gasteiger partial charge in [-0.1, -0.05) is 12.1 Å². The van der Waals surface area contributed by atoms with Crippen molar-refractivity contribution in [2.45, 2.75) is 13.5 Å². The summed E-state index contributed by atoms with van der Waals surface area (Å²) < 4.78 is 6.92. The zero-order valence-corrected chi connectivity index (χ0v) is 11.6. The molecule has 3 heteroatoms.